The van der Waals surface area contributed by atoms with Gasteiger partial charge in [0.15, 0.2) is 0 Å². The van der Waals surface area contributed by atoms with E-state index in [0.717, 1.165) is 0 Å². The highest BCUT2D eigenvalue weighted by Gasteiger charge is 2.40. The van der Waals surface area contributed by atoms with E-state index in [1.54, 1.807) is 0 Å². The first-order valence-corrected chi connectivity index (χ1v) is 13.0. The highest BCUT2D eigenvalue weighted by atomic mass is 15.0. The Morgan fingerprint density at radius 1 is 0.595 bits per heavy atom. The fraction of sp³-hybridized carbons (Fsp3) is 0.0857. The van der Waals surface area contributed by atoms with E-state index in [1.165, 1.54) is 71.9 Å². The molecule has 1 aliphatic rings. The van der Waals surface area contributed by atoms with Crippen molar-refractivity contribution in [3.63, 3.8) is 0 Å². The van der Waals surface area contributed by atoms with Crippen LogP contribution in [-0.2, 0) is 5.41 Å². The van der Waals surface area contributed by atoms with Crippen molar-refractivity contribution in [2.45, 2.75) is 19.3 Å². The van der Waals surface area contributed by atoms with Crippen LogP contribution < -0.4 is 0 Å². The second-order valence-electron chi connectivity index (χ2n) is 10.7. The zero-order chi connectivity index (χ0) is 24.7. The molecule has 176 valence electrons. The van der Waals surface area contributed by atoms with E-state index in [-0.39, 0.29) is 5.41 Å². The minimum Gasteiger partial charge on any atom is -0.354 e. The fourth-order valence-electron chi connectivity index (χ4n) is 6.59. The maximum atomic E-state index is 3.73. The molecule has 1 N–H and O–H groups in total. The smallest absolute Gasteiger partial charge is 0.0585 e. The van der Waals surface area contributed by atoms with Crippen molar-refractivity contribution in [2.75, 3.05) is 0 Å². The van der Waals surface area contributed by atoms with Crippen LogP contribution in [0.2, 0.25) is 0 Å². The topological polar surface area (TPSA) is 20.7 Å². The van der Waals surface area contributed by atoms with Gasteiger partial charge in [0.1, 0.15) is 0 Å². The quantitative estimate of drug-likeness (QED) is 0.258. The number of hydrogen-bond acceptors (Lipinski definition) is 0. The molecule has 2 aromatic heterocycles. The minimum absolute atomic E-state index is 0.0790. The number of hydrogen-bond donors (Lipinski definition) is 1. The van der Waals surface area contributed by atoms with E-state index in [0.29, 0.717) is 0 Å². The molecule has 37 heavy (non-hydrogen) atoms. The molecule has 0 radical (unpaired) electrons. The highest BCUT2D eigenvalue weighted by molar-refractivity contribution is 6.14. The largest absolute Gasteiger partial charge is 0.354 e. The number of fused-ring (bicyclic) bond motifs is 8. The Kier molecular flexibility index (Phi) is 4.03. The van der Waals surface area contributed by atoms with Crippen LogP contribution >= 0.6 is 0 Å². The zero-order valence-corrected chi connectivity index (χ0v) is 20.9. The third-order valence-corrected chi connectivity index (χ3v) is 8.29. The molecule has 0 unspecified atom stereocenters. The lowest BCUT2D eigenvalue weighted by molar-refractivity contribution is 0.666. The number of H-pyrrole nitrogens is 1. The lowest BCUT2D eigenvalue weighted by atomic mass is 9.81. The van der Waals surface area contributed by atoms with Crippen LogP contribution in [0.3, 0.4) is 0 Å². The summed E-state index contributed by atoms with van der Waals surface area (Å²) in [6.07, 6.45) is 0. The van der Waals surface area contributed by atoms with Gasteiger partial charge in [-0.1, -0.05) is 92.7 Å². The summed E-state index contributed by atoms with van der Waals surface area (Å²) in [4.78, 5) is 3.73. The average Bonchev–Trinajstić information content (AvgIpc) is 3.54. The maximum Gasteiger partial charge on any atom is 0.0585 e. The van der Waals surface area contributed by atoms with Gasteiger partial charge in [0.05, 0.1) is 11.2 Å². The van der Waals surface area contributed by atoms with E-state index in [1.807, 2.05) is 0 Å². The van der Waals surface area contributed by atoms with Crippen molar-refractivity contribution in [3.05, 3.63) is 126 Å². The number of para-hydroxylation sites is 1. The van der Waals surface area contributed by atoms with Crippen molar-refractivity contribution in [2.24, 2.45) is 0 Å². The molecular formula is C35H26N2. The van der Waals surface area contributed by atoms with E-state index in [9.17, 15) is 0 Å². The average molecular weight is 475 g/mol. The number of benzene rings is 5. The summed E-state index contributed by atoms with van der Waals surface area (Å²) in [7, 11) is 0. The van der Waals surface area contributed by atoms with Crippen LogP contribution in [0.25, 0.3) is 60.8 Å². The Labute approximate surface area is 215 Å². The molecule has 2 heteroatoms. The van der Waals surface area contributed by atoms with Crippen LogP contribution in [0.1, 0.15) is 25.0 Å². The highest BCUT2D eigenvalue weighted by Crippen LogP contribution is 2.54. The first kappa shape index (κ1) is 20.6. The Morgan fingerprint density at radius 3 is 2.11 bits per heavy atom. The maximum absolute atomic E-state index is 3.73. The zero-order valence-electron chi connectivity index (χ0n) is 20.9. The molecule has 5 aromatic carbocycles. The van der Waals surface area contributed by atoms with Gasteiger partial charge in [-0.15, -0.1) is 0 Å². The number of aromatic nitrogens is 2. The lowest BCUT2D eigenvalue weighted by Crippen LogP contribution is -2.14. The first-order chi connectivity index (χ1) is 18.1. The standard InChI is InChI=1S/C35H26N2/c1-35(2)29-16-10-9-15-25(29)34-33(35)28-20-31-27(21-32(28)37(34)24-13-7-4-8-14-24)26-19-23(17-18-30(26)36-31)22-11-5-3-6-12-22/h3-21,36H,1-2H3. The van der Waals surface area contributed by atoms with Crippen LogP contribution in [0.4, 0.5) is 0 Å². The molecule has 0 amide bonds. The van der Waals surface area contributed by atoms with Crippen molar-refractivity contribution >= 4 is 32.7 Å². The van der Waals surface area contributed by atoms with E-state index >= 15 is 0 Å². The summed E-state index contributed by atoms with van der Waals surface area (Å²) in [6, 6.07) is 41.9. The predicted octanol–water partition coefficient (Wildman–Crippen LogP) is 9.24. The summed E-state index contributed by atoms with van der Waals surface area (Å²) in [5, 5.41) is 3.85. The summed E-state index contributed by atoms with van der Waals surface area (Å²) >= 11 is 0. The first-order valence-electron chi connectivity index (χ1n) is 13.0. The van der Waals surface area contributed by atoms with Gasteiger partial charge in [0.2, 0.25) is 0 Å². The Bertz CT molecular complexity index is 1990. The molecule has 0 fully saturated rings. The van der Waals surface area contributed by atoms with Crippen molar-refractivity contribution in [1.29, 1.82) is 0 Å². The normalized spacial score (nSPS) is 13.9. The molecule has 7 aromatic rings. The van der Waals surface area contributed by atoms with Crippen LogP contribution in [0, 0.1) is 0 Å². The van der Waals surface area contributed by atoms with Gasteiger partial charge in [-0.25, -0.2) is 0 Å². The molecule has 0 atom stereocenters. The number of nitrogens with zero attached hydrogens (tertiary/aromatic N) is 1. The SMILES string of the molecule is CC1(C)c2ccccc2-c2c1c1cc3[nH]c4ccc(-c5ccccc5)cc4c3cc1n2-c1ccccc1. The third-order valence-electron chi connectivity index (χ3n) is 8.29. The van der Waals surface area contributed by atoms with Crippen molar-refractivity contribution in [1.82, 2.24) is 9.55 Å². The summed E-state index contributed by atoms with van der Waals surface area (Å²) in [5.41, 5.74) is 12.7. The molecular weight excluding hydrogens is 448 g/mol. The van der Waals surface area contributed by atoms with Gasteiger partial charge in [-0.3, -0.25) is 0 Å². The Morgan fingerprint density at radius 2 is 1.30 bits per heavy atom. The van der Waals surface area contributed by atoms with Gasteiger partial charge >= 0.3 is 0 Å². The molecule has 2 heterocycles. The molecule has 1 aliphatic carbocycles. The fourth-order valence-corrected chi connectivity index (χ4v) is 6.59. The van der Waals surface area contributed by atoms with Crippen molar-refractivity contribution < 1.29 is 0 Å². The molecule has 0 saturated carbocycles. The van der Waals surface area contributed by atoms with Gasteiger partial charge in [-0.05, 0) is 58.7 Å². The Balaban J connectivity index is 1.50. The van der Waals surface area contributed by atoms with Crippen LogP contribution in [0.5, 0.6) is 0 Å². The molecule has 8 rings (SSSR count). The monoisotopic (exact) mass is 474 g/mol. The number of nitrogens with one attached hydrogen (secondary N) is 1. The molecule has 2 nitrogen and oxygen atoms in total. The van der Waals surface area contributed by atoms with Gasteiger partial charge < -0.3 is 9.55 Å². The van der Waals surface area contributed by atoms with Crippen molar-refractivity contribution in [3.8, 4) is 28.1 Å². The molecule has 0 bridgehead atoms. The van der Waals surface area contributed by atoms with Crippen LogP contribution in [0.15, 0.2) is 115 Å². The number of rotatable bonds is 2. The third kappa shape index (κ3) is 2.76. The number of aromatic amines is 1. The van der Waals surface area contributed by atoms with Crippen LogP contribution in [-0.4, -0.2) is 9.55 Å². The summed E-state index contributed by atoms with van der Waals surface area (Å²) in [6.45, 7) is 4.74. The molecule has 0 spiro atoms. The Hall–Kier alpha value is -4.56. The summed E-state index contributed by atoms with van der Waals surface area (Å²) < 4.78 is 2.48. The second-order valence-corrected chi connectivity index (χ2v) is 10.7. The summed E-state index contributed by atoms with van der Waals surface area (Å²) in [5.74, 6) is 0. The van der Waals surface area contributed by atoms with E-state index in [4.69, 9.17) is 0 Å². The minimum atomic E-state index is -0.0790. The predicted molar refractivity (Wildman–Crippen MR) is 156 cm³/mol. The van der Waals surface area contributed by atoms with E-state index < -0.39 is 0 Å². The second kappa shape index (κ2) is 7.24. The van der Waals surface area contributed by atoms with Gasteiger partial charge in [-0.2, -0.15) is 0 Å². The lowest BCUT2D eigenvalue weighted by Gasteiger charge is -2.21. The van der Waals surface area contributed by atoms with E-state index in [2.05, 4.69) is 139 Å². The van der Waals surface area contributed by atoms with Gasteiger partial charge in [0.25, 0.3) is 0 Å². The van der Waals surface area contributed by atoms with Gasteiger partial charge in [0, 0.05) is 43.9 Å². The molecule has 0 aliphatic heterocycles. The molecule has 0 saturated heterocycles.